The van der Waals surface area contributed by atoms with Crippen molar-refractivity contribution in [1.29, 1.82) is 5.26 Å². The van der Waals surface area contributed by atoms with Gasteiger partial charge in [-0.2, -0.15) is 5.26 Å². The first-order chi connectivity index (χ1) is 7.54. The lowest BCUT2D eigenvalue weighted by Gasteiger charge is -2.26. The maximum Gasteiger partial charge on any atom is 0.237 e. The summed E-state index contributed by atoms with van der Waals surface area (Å²) in [7, 11) is 0. The smallest absolute Gasteiger partial charge is 0.237 e. The van der Waals surface area contributed by atoms with Crippen molar-refractivity contribution in [2.24, 2.45) is 5.73 Å². The highest BCUT2D eigenvalue weighted by atomic mass is 16.1. The van der Waals surface area contributed by atoms with E-state index in [0.29, 0.717) is 11.4 Å². The second-order valence-corrected chi connectivity index (χ2v) is 3.70. The van der Waals surface area contributed by atoms with E-state index in [1.807, 2.05) is 19.9 Å². The van der Waals surface area contributed by atoms with E-state index in [4.69, 9.17) is 11.0 Å². The van der Waals surface area contributed by atoms with Crippen molar-refractivity contribution >= 4 is 11.7 Å². The van der Waals surface area contributed by atoms with E-state index >= 15 is 0 Å². The van der Waals surface area contributed by atoms with Crippen LogP contribution in [0.25, 0.3) is 0 Å². The molecule has 0 aromatic carbocycles. The van der Waals surface area contributed by atoms with Gasteiger partial charge in [0.1, 0.15) is 5.82 Å². The predicted molar refractivity (Wildman–Crippen MR) is 60.6 cm³/mol. The molecule has 0 saturated heterocycles. The Hall–Kier alpha value is -2.09. The third kappa shape index (κ3) is 2.95. The van der Waals surface area contributed by atoms with Crippen LogP contribution in [0.2, 0.25) is 0 Å². The molecule has 0 bridgehead atoms. The second kappa shape index (κ2) is 5.12. The highest BCUT2D eigenvalue weighted by Gasteiger charge is 2.14. The fourth-order valence-corrected chi connectivity index (χ4v) is 1.34. The lowest BCUT2D eigenvalue weighted by atomic mass is 10.2. The van der Waals surface area contributed by atoms with Crippen LogP contribution in [0.4, 0.5) is 5.82 Å². The number of pyridine rings is 1. The van der Waals surface area contributed by atoms with Gasteiger partial charge in [0, 0.05) is 12.2 Å². The molecule has 1 aromatic heterocycles. The standard InChI is InChI=1S/C11H14N4O/c1-8(2)15(7-10(13)16)11-5-9(6-12)3-4-14-11/h3-5,8H,7H2,1-2H3,(H2,13,16). The van der Waals surface area contributed by atoms with Gasteiger partial charge < -0.3 is 10.6 Å². The zero-order valence-electron chi connectivity index (χ0n) is 9.34. The molecule has 2 N–H and O–H groups in total. The summed E-state index contributed by atoms with van der Waals surface area (Å²) in [6.45, 7) is 3.97. The quantitative estimate of drug-likeness (QED) is 0.804. The first-order valence-electron chi connectivity index (χ1n) is 4.95. The number of nitrogens with zero attached hydrogens (tertiary/aromatic N) is 3. The monoisotopic (exact) mass is 218 g/mol. The average Bonchev–Trinajstić information content (AvgIpc) is 2.25. The summed E-state index contributed by atoms with van der Waals surface area (Å²) in [5.74, 6) is 0.172. The number of hydrogen-bond donors (Lipinski definition) is 1. The van der Waals surface area contributed by atoms with Gasteiger partial charge in [-0.15, -0.1) is 0 Å². The lowest BCUT2D eigenvalue weighted by Crippen LogP contribution is -2.39. The molecule has 1 heterocycles. The summed E-state index contributed by atoms with van der Waals surface area (Å²) < 4.78 is 0. The first-order valence-corrected chi connectivity index (χ1v) is 4.95. The molecule has 0 spiro atoms. The minimum atomic E-state index is -0.419. The number of amides is 1. The highest BCUT2D eigenvalue weighted by molar-refractivity contribution is 5.79. The van der Waals surface area contributed by atoms with E-state index < -0.39 is 5.91 Å². The van der Waals surface area contributed by atoms with Gasteiger partial charge in [-0.25, -0.2) is 4.98 Å². The Bertz CT molecular complexity index is 422. The first kappa shape index (κ1) is 12.0. The fraction of sp³-hybridized carbons (Fsp3) is 0.364. The van der Waals surface area contributed by atoms with Crippen molar-refractivity contribution in [2.75, 3.05) is 11.4 Å². The Morgan fingerprint density at radius 3 is 2.88 bits per heavy atom. The maximum absolute atomic E-state index is 10.9. The maximum atomic E-state index is 10.9. The van der Waals surface area contributed by atoms with Gasteiger partial charge in [-0.1, -0.05) is 0 Å². The van der Waals surface area contributed by atoms with Gasteiger partial charge in [0.15, 0.2) is 0 Å². The molecule has 5 heteroatoms. The number of nitriles is 1. The van der Waals surface area contributed by atoms with Gasteiger partial charge in [0.05, 0.1) is 18.2 Å². The SMILES string of the molecule is CC(C)N(CC(N)=O)c1cc(C#N)ccn1. The molecule has 0 atom stereocenters. The molecule has 1 aromatic rings. The molecule has 84 valence electrons. The van der Waals surface area contributed by atoms with Crippen LogP contribution in [0.15, 0.2) is 18.3 Å². The second-order valence-electron chi connectivity index (χ2n) is 3.70. The van der Waals surface area contributed by atoms with E-state index in [9.17, 15) is 4.79 Å². The summed E-state index contributed by atoms with van der Waals surface area (Å²) in [4.78, 5) is 16.8. The number of anilines is 1. The van der Waals surface area contributed by atoms with Crippen LogP contribution in [0.5, 0.6) is 0 Å². The number of primary amides is 1. The van der Waals surface area contributed by atoms with E-state index in [1.165, 1.54) is 0 Å². The van der Waals surface area contributed by atoms with Gasteiger partial charge in [-0.05, 0) is 26.0 Å². The molecule has 16 heavy (non-hydrogen) atoms. The van der Waals surface area contributed by atoms with Crippen LogP contribution in [-0.4, -0.2) is 23.5 Å². The van der Waals surface area contributed by atoms with Crippen LogP contribution in [-0.2, 0) is 4.79 Å². The van der Waals surface area contributed by atoms with Crippen LogP contribution in [0.3, 0.4) is 0 Å². The van der Waals surface area contributed by atoms with Crippen molar-refractivity contribution in [1.82, 2.24) is 4.98 Å². The van der Waals surface area contributed by atoms with Crippen molar-refractivity contribution in [3.05, 3.63) is 23.9 Å². The molecule has 0 saturated carbocycles. The molecule has 5 nitrogen and oxygen atoms in total. The van der Waals surface area contributed by atoms with Crippen LogP contribution >= 0.6 is 0 Å². The molecule has 0 radical (unpaired) electrons. The minimum absolute atomic E-state index is 0.0916. The number of carbonyl (C=O) groups is 1. The Morgan fingerprint density at radius 2 is 2.38 bits per heavy atom. The number of aromatic nitrogens is 1. The fourth-order valence-electron chi connectivity index (χ4n) is 1.34. The Labute approximate surface area is 94.5 Å². The van der Waals surface area contributed by atoms with Crippen LogP contribution in [0, 0.1) is 11.3 Å². The van der Waals surface area contributed by atoms with E-state index in [-0.39, 0.29) is 12.6 Å². The van der Waals surface area contributed by atoms with Gasteiger partial charge in [0.25, 0.3) is 0 Å². The summed E-state index contributed by atoms with van der Waals surface area (Å²) >= 11 is 0. The van der Waals surface area contributed by atoms with Gasteiger partial charge in [-0.3, -0.25) is 4.79 Å². The number of carbonyl (C=O) groups excluding carboxylic acids is 1. The molecular formula is C11H14N4O. The molecule has 0 aliphatic heterocycles. The normalized spacial score (nSPS) is 9.88. The predicted octanol–water partition coefficient (Wildman–Crippen LogP) is 0.653. The molecule has 1 amide bonds. The summed E-state index contributed by atoms with van der Waals surface area (Å²) in [5, 5.41) is 8.78. The van der Waals surface area contributed by atoms with E-state index in [2.05, 4.69) is 4.98 Å². The molecule has 0 aliphatic rings. The van der Waals surface area contributed by atoms with Gasteiger partial charge in [0.2, 0.25) is 5.91 Å². The average molecular weight is 218 g/mol. The summed E-state index contributed by atoms with van der Waals surface area (Å²) in [6, 6.07) is 5.38. The molecule has 0 fully saturated rings. The van der Waals surface area contributed by atoms with Crippen molar-refractivity contribution in [3.8, 4) is 6.07 Å². The highest BCUT2D eigenvalue weighted by Crippen LogP contribution is 2.14. The van der Waals surface area contributed by atoms with Crippen molar-refractivity contribution in [3.63, 3.8) is 0 Å². The third-order valence-electron chi connectivity index (χ3n) is 2.12. The van der Waals surface area contributed by atoms with E-state index in [0.717, 1.165) is 0 Å². The third-order valence-corrected chi connectivity index (χ3v) is 2.12. The van der Waals surface area contributed by atoms with E-state index in [1.54, 1.807) is 23.2 Å². The number of nitrogens with two attached hydrogens (primary N) is 1. The minimum Gasteiger partial charge on any atom is -0.368 e. The Morgan fingerprint density at radius 1 is 1.69 bits per heavy atom. The Balaban J connectivity index is 3.01. The van der Waals surface area contributed by atoms with Crippen LogP contribution in [0.1, 0.15) is 19.4 Å². The molecule has 0 unspecified atom stereocenters. The molecule has 1 rings (SSSR count). The number of hydrogen-bond acceptors (Lipinski definition) is 4. The lowest BCUT2D eigenvalue weighted by molar-refractivity contribution is -0.116. The molecular weight excluding hydrogens is 204 g/mol. The summed E-state index contributed by atoms with van der Waals surface area (Å²) in [5.41, 5.74) is 5.68. The van der Waals surface area contributed by atoms with Crippen molar-refractivity contribution < 1.29 is 4.79 Å². The zero-order chi connectivity index (χ0) is 12.1. The van der Waals surface area contributed by atoms with Gasteiger partial charge >= 0.3 is 0 Å². The summed E-state index contributed by atoms with van der Waals surface area (Å²) in [6.07, 6.45) is 1.55. The number of rotatable bonds is 4. The van der Waals surface area contributed by atoms with Crippen LogP contribution < -0.4 is 10.6 Å². The largest absolute Gasteiger partial charge is 0.368 e. The van der Waals surface area contributed by atoms with Crippen molar-refractivity contribution in [2.45, 2.75) is 19.9 Å². The Kier molecular flexibility index (Phi) is 3.84. The zero-order valence-corrected chi connectivity index (χ0v) is 9.34. The molecule has 0 aliphatic carbocycles. The topological polar surface area (TPSA) is 83.0 Å².